The molecule has 2 aliphatic rings. The molecule has 0 atom stereocenters. The lowest BCUT2D eigenvalue weighted by atomic mass is 9.83. The number of anilines is 1. The zero-order valence-corrected chi connectivity index (χ0v) is 22.1. The number of nitro benzene ring substituents is 1. The fourth-order valence-corrected chi connectivity index (χ4v) is 7.06. The summed E-state index contributed by atoms with van der Waals surface area (Å²) in [7, 11) is 0. The van der Waals surface area contributed by atoms with Gasteiger partial charge in [-0.15, -0.1) is 0 Å². The first-order chi connectivity index (χ1) is 18.5. The summed E-state index contributed by atoms with van der Waals surface area (Å²) in [5.74, 6) is 1.31. The molecule has 1 saturated carbocycles. The molecule has 1 amide bonds. The summed E-state index contributed by atoms with van der Waals surface area (Å²) in [6.07, 6.45) is 5.38. The number of nitrogens with zero attached hydrogens (tertiary/aromatic N) is 5. The van der Waals surface area contributed by atoms with Gasteiger partial charge in [-0.1, -0.05) is 12.1 Å². The monoisotopic (exact) mass is 532 g/mol. The maximum Gasteiger partial charge on any atom is 0.270 e. The summed E-state index contributed by atoms with van der Waals surface area (Å²) in [6, 6.07) is 15.1. The number of non-ortho nitro benzene ring substituents is 1. The average molecular weight is 533 g/mol. The largest absolute Gasteiger partial charge is 0.364 e. The molecule has 0 bridgehead atoms. The van der Waals surface area contributed by atoms with Crippen LogP contribution < -0.4 is 10.6 Å². The third-order valence-corrected chi connectivity index (χ3v) is 9.17. The SMILES string of the molecule is NC(=O)c1cc2cc([N+](=O)[O-])ccc2n1C1CCC(CCN2CCN(c3nsc4ccccc34)CC2)CC1. The summed E-state index contributed by atoms with van der Waals surface area (Å²) in [4.78, 5) is 28.0. The normalized spacial score (nSPS) is 20.8. The van der Waals surface area contributed by atoms with Gasteiger partial charge in [0.1, 0.15) is 11.5 Å². The molecule has 198 valence electrons. The molecule has 0 unspecified atom stereocenters. The Morgan fingerprint density at radius 3 is 2.55 bits per heavy atom. The number of carbonyl (C=O) groups is 1. The number of piperazine rings is 1. The van der Waals surface area contributed by atoms with Gasteiger partial charge < -0.3 is 15.2 Å². The van der Waals surface area contributed by atoms with Gasteiger partial charge in [0, 0.05) is 60.6 Å². The Kier molecular flexibility index (Phi) is 6.75. The van der Waals surface area contributed by atoms with Crippen molar-refractivity contribution in [2.75, 3.05) is 37.6 Å². The minimum absolute atomic E-state index is 0.0233. The molecule has 9 nitrogen and oxygen atoms in total. The van der Waals surface area contributed by atoms with Gasteiger partial charge in [-0.2, -0.15) is 4.37 Å². The van der Waals surface area contributed by atoms with E-state index in [1.165, 1.54) is 28.6 Å². The Balaban J connectivity index is 1.03. The van der Waals surface area contributed by atoms with E-state index in [4.69, 9.17) is 10.1 Å². The third-order valence-electron chi connectivity index (χ3n) is 8.35. The molecule has 0 radical (unpaired) electrons. The Morgan fingerprint density at radius 2 is 1.82 bits per heavy atom. The number of carbonyl (C=O) groups excluding carboxylic acids is 1. The highest BCUT2D eigenvalue weighted by Crippen LogP contribution is 2.38. The van der Waals surface area contributed by atoms with Crippen LogP contribution in [0.3, 0.4) is 0 Å². The van der Waals surface area contributed by atoms with Crippen molar-refractivity contribution in [3.63, 3.8) is 0 Å². The smallest absolute Gasteiger partial charge is 0.270 e. The van der Waals surface area contributed by atoms with E-state index in [0.29, 0.717) is 17.0 Å². The van der Waals surface area contributed by atoms with Gasteiger partial charge in [0.25, 0.3) is 11.6 Å². The van der Waals surface area contributed by atoms with Crippen LogP contribution in [0.4, 0.5) is 11.5 Å². The number of aromatic nitrogens is 2. The van der Waals surface area contributed by atoms with Crippen molar-refractivity contribution in [1.29, 1.82) is 0 Å². The van der Waals surface area contributed by atoms with E-state index in [1.807, 2.05) is 4.57 Å². The maximum atomic E-state index is 12.2. The minimum atomic E-state index is -0.490. The molecule has 2 aromatic heterocycles. The molecule has 0 spiro atoms. The second-order valence-corrected chi connectivity index (χ2v) is 11.4. The fourth-order valence-electron chi connectivity index (χ4n) is 6.26. The maximum absolute atomic E-state index is 12.2. The van der Waals surface area contributed by atoms with Crippen LogP contribution >= 0.6 is 11.5 Å². The van der Waals surface area contributed by atoms with Gasteiger partial charge in [-0.25, -0.2) is 0 Å². The third kappa shape index (κ3) is 4.74. The van der Waals surface area contributed by atoms with Crippen molar-refractivity contribution in [3.05, 3.63) is 64.3 Å². The number of fused-ring (bicyclic) bond motifs is 2. The summed E-state index contributed by atoms with van der Waals surface area (Å²) >= 11 is 1.58. The summed E-state index contributed by atoms with van der Waals surface area (Å²) in [6.45, 7) is 5.25. The zero-order valence-electron chi connectivity index (χ0n) is 21.3. The number of benzene rings is 2. The van der Waals surface area contributed by atoms with Gasteiger partial charge in [-0.05, 0) is 80.4 Å². The van der Waals surface area contributed by atoms with E-state index in [9.17, 15) is 14.9 Å². The quantitative estimate of drug-likeness (QED) is 0.259. The predicted molar refractivity (Wildman–Crippen MR) is 151 cm³/mol. The van der Waals surface area contributed by atoms with Crippen molar-refractivity contribution >= 4 is 49.9 Å². The lowest BCUT2D eigenvalue weighted by Gasteiger charge is -2.36. The Morgan fingerprint density at radius 1 is 1.05 bits per heavy atom. The van der Waals surface area contributed by atoms with E-state index in [2.05, 4.69) is 34.1 Å². The summed E-state index contributed by atoms with van der Waals surface area (Å²) in [5.41, 5.74) is 7.01. The fraction of sp³-hybridized carbons (Fsp3) is 0.429. The predicted octanol–water partition coefficient (Wildman–Crippen LogP) is 5.20. The first kappa shape index (κ1) is 24.8. The number of primary amides is 1. The molecule has 38 heavy (non-hydrogen) atoms. The lowest BCUT2D eigenvalue weighted by Crippen LogP contribution is -2.47. The van der Waals surface area contributed by atoms with Gasteiger partial charge >= 0.3 is 0 Å². The van der Waals surface area contributed by atoms with Crippen LogP contribution in [0.25, 0.3) is 21.0 Å². The molecule has 2 fully saturated rings. The minimum Gasteiger partial charge on any atom is -0.364 e. The molecule has 3 heterocycles. The van der Waals surface area contributed by atoms with E-state index in [0.717, 1.165) is 69.7 Å². The van der Waals surface area contributed by atoms with E-state index in [1.54, 1.807) is 23.7 Å². The number of amides is 1. The van der Waals surface area contributed by atoms with E-state index < -0.39 is 10.8 Å². The molecular formula is C28H32N6O3S. The van der Waals surface area contributed by atoms with Crippen LogP contribution in [0.1, 0.15) is 48.6 Å². The zero-order chi connectivity index (χ0) is 26.2. The number of hydrogen-bond donors (Lipinski definition) is 1. The number of hydrogen-bond acceptors (Lipinski definition) is 7. The topological polar surface area (TPSA) is 111 Å². The standard InChI is InChI=1S/C28H32N6O3S/c29-27(35)25-18-20-17-22(34(36)37)9-10-24(20)33(25)21-7-5-19(6-8-21)11-12-31-13-15-32(16-14-31)28-23-3-1-2-4-26(23)38-30-28/h1-4,9-10,17-19,21H,5-8,11-16H2,(H2,29,35). The molecule has 1 aliphatic heterocycles. The molecule has 2 N–H and O–H groups in total. The van der Waals surface area contributed by atoms with Crippen LogP contribution in [0, 0.1) is 16.0 Å². The first-order valence-electron chi connectivity index (χ1n) is 13.4. The van der Waals surface area contributed by atoms with Crippen LogP contribution in [-0.4, -0.2) is 57.4 Å². The molecule has 2 aromatic carbocycles. The summed E-state index contributed by atoms with van der Waals surface area (Å²) in [5, 5.41) is 13.2. The van der Waals surface area contributed by atoms with E-state index in [-0.39, 0.29) is 11.7 Å². The average Bonchev–Trinajstić information content (AvgIpc) is 3.54. The van der Waals surface area contributed by atoms with Crippen molar-refractivity contribution < 1.29 is 9.72 Å². The summed E-state index contributed by atoms with van der Waals surface area (Å²) < 4.78 is 8.00. The molecule has 10 heteroatoms. The lowest BCUT2D eigenvalue weighted by molar-refractivity contribution is -0.384. The van der Waals surface area contributed by atoms with Crippen molar-refractivity contribution in [2.45, 2.75) is 38.1 Å². The number of nitrogens with two attached hydrogens (primary N) is 1. The first-order valence-corrected chi connectivity index (χ1v) is 14.2. The van der Waals surface area contributed by atoms with Gasteiger partial charge in [0.2, 0.25) is 0 Å². The molecule has 1 saturated heterocycles. The van der Waals surface area contributed by atoms with Crippen molar-refractivity contribution in [2.24, 2.45) is 11.7 Å². The number of rotatable bonds is 7. The van der Waals surface area contributed by atoms with Gasteiger partial charge in [0.05, 0.1) is 9.62 Å². The molecule has 6 rings (SSSR count). The Labute approximate surface area is 225 Å². The molecule has 1 aliphatic carbocycles. The van der Waals surface area contributed by atoms with Crippen molar-refractivity contribution in [1.82, 2.24) is 13.8 Å². The second-order valence-electron chi connectivity index (χ2n) is 10.6. The van der Waals surface area contributed by atoms with Crippen molar-refractivity contribution in [3.8, 4) is 0 Å². The highest BCUT2D eigenvalue weighted by Gasteiger charge is 2.28. The molecule has 4 aromatic rings. The highest BCUT2D eigenvalue weighted by atomic mass is 32.1. The van der Waals surface area contributed by atoms with Crippen LogP contribution in [-0.2, 0) is 0 Å². The Bertz CT molecular complexity index is 1480. The van der Waals surface area contributed by atoms with Crippen LogP contribution in [0.2, 0.25) is 0 Å². The van der Waals surface area contributed by atoms with Gasteiger partial charge in [0.15, 0.2) is 0 Å². The Hall–Kier alpha value is -3.50. The second kappa shape index (κ2) is 10.3. The van der Waals surface area contributed by atoms with Crippen LogP contribution in [0.15, 0.2) is 48.5 Å². The van der Waals surface area contributed by atoms with Crippen LogP contribution in [0.5, 0.6) is 0 Å². The highest BCUT2D eigenvalue weighted by molar-refractivity contribution is 7.13. The van der Waals surface area contributed by atoms with E-state index >= 15 is 0 Å². The molecular weight excluding hydrogens is 500 g/mol. The number of nitro groups is 1. The van der Waals surface area contributed by atoms with Gasteiger partial charge in [-0.3, -0.25) is 19.8 Å².